The van der Waals surface area contributed by atoms with Gasteiger partial charge < -0.3 is 5.32 Å². The predicted octanol–water partition coefficient (Wildman–Crippen LogP) is 3.69. The number of hydrogen-bond acceptors (Lipinski definition) is 4. The van der Waals surface area contributed by atoms with Crippen LogP contribution in [0.25, 0.3) is 11.4 Å². The monoisotopic (exact) mass is 324 g/mol. The molecule has 2 aromatic heterocycles. The largest absolute Gasteiger partial charge is 0.433 e. The van der Waals surface area contributed by atoms with E-state index < -0.39 is 11.9 Å². The van der Waals surface area contributed by atoms with E-state index in [1.807, 2.05) is 0 Å². The van der Waals surface area contributed by atoms with Crippen LogP contribution in [0.2, 0.25) is 0 Å². The van der Waals surface area contributed by atoms with Gasteiger partial charge in [-0.1, -0.05) is 13.8 Å². The van der Waals surface area contributed by atoms with Crippen molar-refractivity contribution in [3.8, 4) is 11.4 Å². The number of hydrogen-bond donors (Lipinski definition) is 1. The molecule has 0 aliphatic rings. The lowest BCUT2D eigenvalue weighted by Crippen LogP contribution is -2.30. The number of rotatable bonds is 5. The molecule has 0 fully saturated rings. The molecule has 0 saturated heterocycles. The molecule has 0 aliphatic heterocycles. The fraction of sp³-hybridized carbons (Fsp3) is 0.438. The van der Waals surface area contributed by atoms with E-state index >= 15 is 0 Å². The van der Waals surface area contributed by atoms with E-state index in [4.69, 9.17) is 0 Å². The summed E-state index contributed by atoms with van der Waals surface area (Å²) in [6.07, 6.45) is -1.71. The number of nitrogens with one attached hydrogen (secondary N) is 1. The molecule has 2 aromatic rings. The van der Waals surface area contributed by atoms with E-state index in [9.17, 15) is 13.2 Å². The van der Waals surface area contributed by atoms with Gasteiger partial charge in [0.2, 0.25) is 0 Å². The molecular weight excluding hydrogens is 305 g/mol. The van der Waals surface area contributed by atoms with Gasteiger partial charge in [-0.25, -0.2) is 9.97 Å². The zero-order valence-corrected chi connectivity index (χ0v) is 13.2. The van der Waals surface area contributed by atoms with Gasteiger partial charge >= 0.3 is 6.18 Å². The van der Waals surface area contributed by atoms with Crippen LogP contribution in [0.3, 0.4) is 0 Å². The van der Waals surface area contributed by atoms with Gasteiger partial charge in [0.15, 0.2) is 5.82 Å². The first-order chi connectivity index (χ1) is 10.8. The highest BCUT2D eigenvalue weighted by Crippen LogP contribution is 2.28. The number of halogens is 3. The zero-order chi connectivity index (χ0) is 17.0. The number of aromatic nitrogens is 3. The van der Waals surface area contributed by atoms with Crippen molar-refractivity contribution in [2.45, 2.75) is 39.5 Å². The van der Waals surface area contributed by atoms with E-state index in [0.717, 1.165) is 18.0 Å². The van der Waals surface area contributed by atoms with Crippen LogP contribution in [0, 0.1) is 5.92 Å². The summed E-state index contributed by atoms with van der Waals surface area (Å²) in [5, 5.41) is 3.35. The van der Waals surface area contributed by atoms with Gasteiger partial charge in [0, 0.05) is 30.5 Å². The van der Waals surface area contributed by atoms with E-state index in [1.54, 1.807) is 12.3 Å². The average Bonchev–Trinajstić information content (AvgIpc) is 2.52. The molecule has 0 aliphatic carbocycles. The normalized spacial score (nSPS) is 13.3. The highest BCUT2D eigenvalue weighted by Gasteiger charge is 2.32. The molecule has 4 nitrogen and oxygen atoms in total. The van der Waals surface area contributed by atoms with Crippen molar-refractivity contribution < 1.29 is 13.2 Å². The molecule has 1 N–H and O–H groups in total. The number of pyridine rings is 1. The first kappa shape index (κ1) is 17.3. The van der Waals surface area contributed by atoms with Gasteiger partial charge in [0.25, 0.3) is 0 Å². The van der Waals surface area contributed by atoms with Crippen LogP contribution in [-0.2, 0) is 12.7 Å². The van der Waals surface area contributed by atoms with Crippen LogP contribution in [0.15, 0.2) is 30.6 Å². The van der Waals surface area contributed by atoms with Gasteiger partial charge in [-0.05, 0) is 31.0 Å². The van der Waals surface area contributed by atoms with Gasteiger partial charge in [0.1, 0.15) is 5.69 Å². The third-order valence-electron chi connectivity index (χ3n) is 3.63. The van der Waals surface area contributed by atoms with Crippen molar-refractivity contribution in [3.05, 3.63) is 42.0 Å². The lowest BCUT2D eigenvalue weighted by molar-refractivity contribution is -0.141. The minimum atomic E-state index is -4.45. The summed E-state index contributed by atoms with van der Waals surface area (Å²) in [6.45, 7) is 6.91. The third-order valence-corrected chi connectivity index (χ3v) is 3.63. The molecular formula is C16H19F3N4. The summed E-state index contributed by atoms with van der Waals surface area (Å²) in [7, 11) is 0. The van der Waals surface area contributed by atoms with Crippen LogP contribution < -0.4 is 5.32 Å². The van der Waals surface area contributed by atoms with E-state index in [2.05, 4.69) is 41.0 Å². The van der Waals surface area contributed by atoms with E-state index in [0.29, 0.717) is 29.9 Å². The van der Waals surface area contributed by atoms with Crippen molar-refractivity contribution in [1.82, 2.24) is 20.3 Å². The maximum absolute atomic E-state index is 12.5. The summed E-state index contributed by atoms with van der Waals surface area (Å²) in [4.78, 5) is 11.9. The topological polar surface area (TPSA) is 50.7 Å². The summed E-state index contributed by atoms with van der Waals surface area (Å²) < 4.78 is 37.6. The molecule has 0 bridgehead atoms. The molecule has 0 aromatic carbocycles. The Morgan fingerprint density at radius 3 is 2.39 bits per heavy atom. The second-order valence-corrected chi connectivity index (χ2v) is 5.72. The molecule has 0 spiro atoms. The van der Waals surface area contributed by atoms with Gasteiger partial charge in [0.05, 0.1) is 5.69 Å². The number of nitrogens with zero attached hydrogens (tertiary/aromatic N) is 3. The summed E-state index contributed by atoms with van der Waals surface area (Å²) in [5.41, 5.74) is 0.309. The Morgan fingerprint density at radius 1 is 1.09 bits per heavy atom. The molecule has 0 amide bonds. The molecule has 0 radical (unpaired) electrons. The standard InChI is InChI=1S/C16H19F3N4/c1-10(2)11(3)21-9-13-6-7-20-15(23-13)12-4-5-14(22-8-12)16(17,18)19/h4-8,10-11,21H,9H2,1-3H3/t11-/m0/s1. The molecule has 2 heterocycles. The summed E-state index contributed by atoms with van der Waals surface area (Å²) in [6, 6.07) is 4.38. The quantitative estimate of drug-likeness (QED) is 0.911. The molecule has 0 unspecified atom stereocenters. The molecule has 7 heteroatoms. The Balaban J connectivity index is 2.13. The first-order valence-corrected chi connectivity index (χ1v) is 7.36. The van der Waals surface area contributed by atoms with Gasteiger partial charge in [-0.15, -0.1) is 0 Å². The smallest absolute Gasteiger partial charge is 0.308 e. The molecule has 2 rings (SSSR count). The zero-order valence-electron chi connectivity index (χ0n) is 13.2. The van der Waals surface area contributed by atoms with Gasteiger partial charge in [-0.2, -0.15) is 13.2 Å². The molecule has 23 heavy (non-hydrogen) atoms. The third kappa shape index (κ3) is 4.72. The molecule has 0 saturated carbocycles. The Bertz CT molecular complexity index is 639. The second-order valence-electron chi connectivity index (χ2n) is 5.72. The average molecular weight is 324 g/mol. The van der Waals surface area contributed by atoms with Crippen molar-refractivity contribution in [2.24, 2.45) is 5.92 Å². The fourth-order valence-corrected chi connectivity index (χ4v) is 1.83. The predicted molar refractivity (Wildman–Crippen MR) is 81.4 cm³/mol. The maximum atomic E-state index is 12.5. The maximum Gasteiger partial charge on any atom is 0.433 e. The van der Waals surface area contributed by atoms with Gasteiger partial charge in [-0.3, -0.25) is 4.98 Å². The fourth-order valence-electron chi connectivity index (χ4n) is 1.83. The Labute approximate surface area is 133 Å². The minimum Gasteiger partial charge on any atom is -0.308 e. The second kappa shape index (κ2) is 7.04. The van der Waals surface area contributed by atoms with Crippen LogP contribution in [-0.4, -0.2) is 21.0 Å². The first-order valence-electron chi connectivity index (χ1n) is 7.36. The highest BCUT2D eigenvalue weighted by molar-refractivity contribution is 5.53. The van der Waals surface area contributed by atoms with Crippen LogP contribution >= 0.6 is 0 Å². The van der Waals surface area contributed by atoms with E-state index in [1.165, 1.54) is 6.07 Å². The SMILES string of the molecule is CC(C)[C@H](C)NCc1ccnc(-c2ccc(C(F)(F)F)nc2)n1. The van der Waals surface area contributed by atoms with Crippen molar-refractivity contribution >= 4 is 0 Å². The summed E-state index contributed by atoms with van der Waals surface area (Å²) in [5.74, 6) is 0.859. The lowest BCUT2D eigenvalue weighted by Gasteiger charge is -2.17. The van der Waals surface area contributed by atoms with Crippen molar-refractivity contribution in [3.63, 3.8) is 0 Å². The minimum absolute atomic E-state index is 0.334. The van der Waals surface area contributed by atoms with Crippen LogP contribution in [0.5, 0.6) is 0 Å². The van der Waals surface area contributed by atoms with Crippen molar-refractivity contribution in [1.29, 1.82) is 0 Å². The summed E-state index contributed by atoms with van der Waals surface area (Å²) >= 11 is 0. The van der Waals surface area contributed by atoms with Crippen LogP contribution in [0.1, 0.15) is 32.2 Å². The Hall–Kier alpha value is -2.02. The van der Waals surface area contributed by atoms with Crippen LogP contribution in [0.4, 0.5) is 13.2 Å². The Kier molecular flexibility index (Phi) is 5.30. The highest BCUT2D eigenvalue weighted by atomic mass is 19.4. The van der Waals surface area contributed by atoms with E-state index in [-0.39, 0.29) is 0 Å². The Morgan fingerprint density at radius 2 is 1.83 bits per heavy atom. The lowest BCUT2D eigenvalue weighted by atomic mass is 10.1. The molecule has 1 atom stereocenters. The number of alkyl halides is 3. The van der Waals surface area contributed by atoms with Crippen molar-refractivity contribution in [2.75, 3.05) is 0 Å². The molecule has 124 valence electrons.